The Morgan fingerprint density at radius 2 is 2.05 bits per heavy atom. The summed E-state index contributed by atoms with van der Waals surface area (Å²) in [6, 6.07) is 1.88. The molecule has 0 spiro atoms. The first-order valence-corrected chi connectivity index (χ1v) is 6.06. The van der Waals surface area contributed by atoms with Crippen LogP contribution in [0.1, 0.15) is 23.2 Å². The fourth-order valence-corrected chi connectivity index (χ4v) is 2.13. The lowest BCUT2D eigenvalue weighted by molar-refractivity contribution is -0.107. The van der Waals surface area contributed by atoms with E-state index in [1.165, 1.54) is 7.05 Å². The van der Waals surface area contributed by atoms with Crippen LogP contribution < -0.4 is 5.56 Å². The number of nitrogens with zero attached hydrogens (tertiary/aromatic N) is 1. The number of hydrogen-bond acceptors (Lipinski definition) is 4. The smallest absolute Gasteiger partial charge is 0.265 e. The van der Waals surface area contributed by atoms with E-state index in [1.54, 1.807) is 0 Å². The molecular weight excluding hydrogens is 284 g/mol. The molecule has 0 radical (unpaired) electrons. The topological polar surface area (TPSA) is 76.4 Å². The SMILES string of the molecule is Cn1c(=O)c(C(=O)CCC=O)c(O)c2ccc(F)c(F)c21. The molecule has 1 N–H and O–H groups in total. The average molecular weight is 295 g/mol. The summed E-state index contributed by atoms with van der Waals surface area (Å²) in [7, 11) is 1.17. The highest BCUT2D eigenvalue weighted by atomic mass is 19.2. The van der Waals surface area contributed by atoms with E-state index in [9.17, 15) is 28.3 Å². The number of rotatable bonds is 4. The standard InChI is InChI=1S/C14H11F2NO4/c1-17-12-7(4-5-8(15)11(12)16)13(20)10(14(17)21)9(19)3-2-6-18/h4-6,20H,2-3H2,1H3. The van der Waals surface area contributed by atoms with Crippen LogP contribution in [0.4, 0.5) is 8.78 Å². The van der Waals surface area contributed by atoms with Crippen LogP contribution in [0.2, 0.25) is 0 Å². The van der Waals surface area contributed by atoms with Gasteiger partial charge in [0, 0.05) is 25.3 Å². The van der Waals surface area contributed by atoms with E-state index < -0.39 is 39.8 Å². The molecule has 21 heavy (non-hydrogen) atoms. The summed E-state index contributed by atoms with van der Waals surface area (Å²) in [6.45, 7) is 0. The summed E-state index contributed by atoms with van der Waals surface area (Å²) in [6.07, 6.45) is 0.161. The zero-order chi connectivity index (χ0) is 15.7. The summed E-state index contributed by atoms with van der Waals surface area (Å²) >= 11 is 0. The molecule has 2 aromatic rings. The second-order valence-electron chi connectivity index (χ2n) is 4.47. The second kappa shape index (κ2) is 5.43. The molecule has 0 fully saturated rings. The molecule has 0 amide bonds. The molecule has 5 nitrogen and oxygen atoms in total. The number of halogens is 2. The van der Waals surface area contributed by atoms with Crippen molar-refractivity contribution in [2.45, 2.75) is 12.8 Å². The highest BCUT2D eigenvalue weighted by Gasteiger charge is 2.23. The van der Waals surface area contributed by atoms with E-state index in [-0.39, 0.29) is 18.2 Å². The fourth-order valence-electron chi connectivity index (χ4n) is 2.13. The predicted molar refractivity (Wildman–Crippen MR) is 70.4 cm³/mol. The molecular formula is C14H11F2NO4. The third-order valence-corrected chi connectivity index (χ3v) is 3.18. The number of Topliss-reactive ketones (excluding diaryl/α,β-unsaturated/α-hetero) is 1. The number of benzene rings is 1. The van der Waals surface area contributed by atoms with Gasteiger partial charge in [-0.2, -0.15) is 0 Å². The molecule has 0 unspecified atom stereocenters. The van der Waals surface area contributed by atoms with Crippen molar-refractivity contribution in [2.24, 2.45) is 7.05 Å². The van der Waals surface area contributed by atoms with Crippen molar-refractivity contribution in [1.29, 1.82) is 0 Å². The minimum absolute atomic E-state index is 0.1000. The number of carbonyl (C=O) groups is 2. The van der Waals surface area contributed by atoms with Crippen molar-refractivity contribution in [2.75, 3.05) is 0 Å². The molecule has 7 heteroatoms. The van der Waals surface area contributed by atoms with E-state index in [0.29, 0.717) is 6.29 Å². The quantitative estimate of drug-likeness (QED) is 0.688. The molecule has 0 atom stereocenters. The Bertz CT molecular complexity index is 811. The Morgan fingerprint density at radius 1 is 1.38 bits per heavy atom. The molecule has 0 bridgehead atoms. The maximum Gasteiger partial charge on any atom is 0.265 e. The van der Waals surface area contributed by atoms with Gasteiger partial charge in [0.05, 0.1) is 5.52 Å². The zero-order valence-corrected chi connectivity index (χ0v) is 11.0. The van der Waals surface area contributed by atoms with Crippen molar-refractivity contribution < 1.29 is 23.5 Å². The van der Waals surface area contributed by atoms with Crippen LogP contribution in [0.25, 0.3) is 10.9 Å². The van der Waals surface area contributed by atoms with Gasteiger partial charge < -0.3 is 14.5 Å². The van der Waals surface area contributed by atoms with Crippen molar-refractivity contribution in [1.82, 2.24) is 4.57 Å². The first-order valence-electron chi connectivity index (χ1n) is 6.06. The third-order valence-electron chi connectivity index (χ3n) is 3.18. The van der Waals surface area contributed by atoms with Crippen molar-refractivity contribution >= 4 is 23.0 Å². The van der Waals surface area contributed by atoms with E-state index in [4.69, 9.17) is 0 Å². The summed E-state index contributed by atoms with van der Waals surface area (Å²) in [5, 5.41) is 9.88. The summed E-state index contributed by atoms with van der Waals surface area (Å²) in [4.78, 5) is 34.3. The average Bonchev–Trinajstić information content (AvgIpc) is 2.45. The Morgan fingerprint density at radius 3 is 2.67 bits per heavy atom. The molecule has 1 aromatic carbocycles. The number of aldehydes is 1. The van der Waals surface area contributed by atoms with Gasteiger partial charge in [0.15, 0.2) is 17.4 Å². The van der Waals surface area contributed by atoms with Gasteiger partial charge in [0.1, 0.15) is 17.6 Å². The fraction of sp³-hybridized carbons (Fsp3) is 0.214. The lowest BCUT2D eigenvalue weighted by Gasteiger charge is -2.11. The lowest BCUT2D eigenvalue weighted by atomic mass is 10.0. The molecule has 0 aliphatic heterocycles. The van der Waals surface area contributed by atoms with Crippen LogP contribution in [0, 0.1) is 11.6 Å². The van der Waals surface area contributed by atoms with Crippen LogP contribution in [0.3, 0.4) is 0 Å². The monoisotopic (exact) mass is 295 g/mol. The second-order valence-corrected chi connectivity index (χ2v) is 4.47. The highest BCUT2D eigenvalue weighted by Crippen LogP contribution is 2.29. The van der Waals surface area contributed by atoms with Crippen LogP contribution in [0.15, 0.2) is 16.9 Å². The molecule has 2 rings (SSSR count). The van der Waals surface area contributed by atoms with Crippen LogP contribution in [0.5, 0.6) is 5.75 Å². The van der Waals surface area contributed by atoms with E-state index in [1.807, 2.05) is 0 Å². The Hall–Kier alpha value is -2.57. The molecule has 110 valence electrons. The van der Waals surface area contributed by atoms with Gasteiger partial charge >= 0.3 is 0 Å². The number of hydrogen-bond donors (Lipinski definition) is 1. The van der Waals surface area contributed by atoms with Crippen molar-refractivity contribution in [3.63, 3.8) is 0 Å². The van der Waals surface area contributed by atoms with Crippen LogP contribution in [-0.2, 0) is 11.8 Å². The molecule has 0 saturated heterocycles. The molecule has 0 saturated carbocycles. The van der Waals surface area contributed by atoms with Crippen molar-refractivity contribution in [3.05, 3.63) is 39.7 Å². The number of ketones is 1. The summed E-state index contributed by atoms with van der Waals surface area (Å²) < 4.78 is 27.8. The zero-order valence-electron chi connectivity index (χ0n) is 11.0. The number of aromatic nitrogens is 1. The van der Waals surface area contributed by atoms with Gasteiger partial charge in [-0.25, -0.2) is 8.78 Å². The van der Waals surface area contributed by atoms with Gasteiger partial charge in [-0.05, 0) is 12.1 Å². The molecule has 0 aliphatic rings. The molecule has 1 heterocycles. The van der Waals surface area contributed by atoms with Gasteiger partial charge in [-0.1, -0.05) is 0 Å². The number of pyridine rings is 1. The van der Waals surface area contributed by atoms with E-state index >= 15 is 0 Å². The van der Waals surface area contributed by atoms with Gasteiger partial charge in [-0.3, -0.25) is 9.59 Å². The maximum atomic E-state index is 13.8. The number of fused-ring (bicyclic) bond motifs is 1. The van der Waals surface area contributed by atoms with Gasteiger partial charge in [0.25, 0.3) is 5.56 Å². The third kappa shape index (κ3) is 2.31. The molecule has 1 aromatic heterocycles. The van der Waals surface area contributed by atoms with Gasteiger partial charge in [-0.15, -0.1) is 0 Å². The van der Waals surface area contributed by atoms with Crippen molar-refractivity contribution in [3.8, 4) is 5.75 Å². The Labute approximate surface area is 117 Å². The summed E-state index contributed by atoms with van der Waals surface area (Å²) in [5.74, 6) is -3.89. The van der Waals surface area contributed by atoms with E-state index in [2.05, 4.69) is 0 Å². The van der Waals surface area contributed by atoms with Crippen LogP contribution >= 0.6 is 0 Å². The van der Waals surface area contributed by atoms with E-state index in [0.717, 1.165) is 16.7 Å². The molecule has 0 aliphatic carbocycles. The predicted octanol–water partition coefficient (Wildman–Crippen LogP) is 1.68. The van der Waals surface area contributed by atoms with Gasteiger partial charge in [0.2, 0.25) is 0 Å². The minimum atomic E-state index is -1.28. The maximum absolute atomic E-state index is 13.8. The number of carbonyl (C=O) groups excluding carboxylic acids is 2. The Kier molecular flexibility index (Phi) is 3.84. The number of aromatic hydroxyl groups is 1. The highest BCUT2D eigenvalue weighted by molar-refractivity contribution is 6.04. The largest absolute Gasteiger partial charge is 0.506 e. The lowest BCUT2D eigenvalue weighted by Crippen LogP contribution is -2.25. The van der Waals surface area contributed by atoms with Crippen LogP contribution in [-0.4, -0.2) is 21.7 Å². The first kappa shape index (κ1) is 14.8. The Balaban J connectivity index is 2.82. The first-order chi connectivity index (χ1) is 9.90. The summed E-state index contributed by atoms with van der Waals surface area (Å²) in [5.41, 5.74) is -1.90. The number of aryl methyl sites for hydroxylation is 1. The normalized spacial score (nSPS) is 10.8. The minimum Gasteiger partial charge on any atom is -0.506 e.